The monoisotopic (exact) mass is 478 g/mol. The van der Waals surface area contributed by atoms with Gasteiger partial charge in [0.05, 0.1) is 0 Å². The zero-order valence-electron chi connectivity index (χ0n) is 17.8. The summed E-state index contributed by atoms with van der Waals surface area (Å²) < 4.78 is 27.7. The molecule has 1 aliphatic heterocycles. The first-order chi connectivity index (χ1) is 16.7. The Hall–Kier alpha value is -3.21. The Morgan fingerprint density at radius 3 is 2.21 bits per heavy atom. The molecule has 2 unspecified atom stereocenters. The van der Waals surface area contributed by atoms with E-state index in [1.54, 1.807) is 35.6 Å². The van der Waals surface area contributed by atoms with E-state index >= 15 is 0 Å². The van der Waals surface area contributed by atoms with Crippen LogP contribution in [0.1, 0.15) is 27.9 Å². The number of hydrogen-bond acceptors (Lipinski definition) is 2. The van der Waals surface area contributed by atoms with Crippen LogP contribution in [0.2, 0.25) is 0 Å². The number of thioether (sulfide) groups is 1. The van der Waals surface area contributed by atoms with E-state index in [1.807, 2.05) is 23.9 Å². The summed E-state index contributed by atoms with van der Waals surface area (Å²) in [5, 5.41) is 3.08. The topological polar surface area (TPSA) is 0 Å². The molecule has 0 spiro atoms. The van der Waals surface area contributed by atoms with Crippen LogP contribution in [-0.4, -0.2) is 0 Å². The second-order valence-corrected chi connectivity index (χ2v) is 11.4. The van der Waals surface area contributed by atoms with E-state index in [4.69, 9.17) is 0 Å². The first-order valence-electron chi connectivity index (χ1n) is 11.3. The van der Waals surface area contributed by atoms with E-state index in [9.17, 15) is 8.78 Å². The van der Waals surface area contributed by atoms with Gasteiger partial charge in [0.1, 0.15) is 11.6 Å². The second kappa shape index (κ2) is 6.68. The minimum Gasteiger partial charge on any atom is -0.207 e. The number of allylic oxidation sites excluding steroid dienone is 1. The molecule has 8 rings (SSSR count). The number of halogens is 2. The van der Waals surface area contributed by atoms with Crippen molar-refractivity contribution in [3.05, 3.63) is 113 Å². The van der Waals surface area contributed by atoms with Crippen LogP contribution in [0.3, 0.4) is 0 Å². The van der Waals surface area contributed by atoms with Gasteiger partial charge in [0, 0.05) is 37.0 Å². The Balaban J connectivity index is 1.27. The van der Waals surface area contributed by atoms with E-state index < -0.39 is 0 Å². The lowest BCUT2D eigenvalue weighted by Crippen LogP contribution is -1.92. The fourth-order valence-electron chi connectivity index (χ4n) is 5.87. The minimum absolute atomic E-state index is 0.192. The average Bonchev–Trinajstić information content (AvgIpc) is 3.58. The molecule has 5 aromatic rings. The molecule has 1 aromatic heterocycles. The molecule has 0 bridgehead atoms. The smallest absolute Gasteiger partial charge is 0.123 e. The van der Waals surface area contributed by atoms with Gasteiger partial charge >= 0.3 is 0 Å². The highest BCUT2D eigenvalue weighted by atomic mass is 32.2. The van der Waals surface area contributed by atoms with Crippen LogP contribution in [0.5, 0.6) is 0 Å². The van der Waals surface area contributed by atoms with Crippen LogP contribution < -0.4 is 0 Å². The van der Waals surface area contributed by atoms with Gasteiger partial charge in [-0.05, 0) is 68.9 Å². The summed E-state index contributed by atoms with van der Waals surface area (Å²) in [7, 11) is 0. The van der Waals surface area contributed by atoms with E-state index in [2.05, 4.69) is 36.4 Å². The fourth-order valence-corrected chi connectivity index (χ4v) is 8.53. The number of fused-ring (bicyclic) bond motifs is 6. The highest BCUT2D eigenvalue weighted by Crippen LogP contribution is 2.64. The Bertz CT molecular complexity index is 1700. The fraction of sp³-hybridized carbons (Fsp3) is 0.0667. The predicted molar refractivity (Wildman–Crippen MR) is 139 cm³/mol. The van der Waals surface area contributed by atoms with Crippen LogP contribution in [0.4, 0.5) is 8.78 Å². The summed E-state index contributed by atoms with van der Waals surface area (Å²) in [4.78, 5) is 3.54. The molecule has 0 radical (unpaired) electrons. The number of thiophene rings is 1. The molecule has 0 saturated carbocycles. The molecular formula is C30H16F2S2. The van der Waals surface area contributed by atoms with Gasteiger partial charge < -0.3 is 0 Å². The molecule has 0 saturated heterocycles. The Morgan fingerprint density at radius 1 is 0.647 bits per heavy atom. The summed E-state index contributed by atoms with van der Waals surface area (Å²) in [5.74, 6) is -0.0880. The molecular weight excluding hydrogens is 462 g/mol. The summed E-state index contributed by atoms with van der Waals surface area (Å²) in [6, 6.07) is 25.1. The first-order valence-corrected chi connectivity index (χ1v) is 13.0. The maximum atomic E-state index is 13.8. The highest BCUT2D eigenvalue weighted by molar-refractivity contribution is 8.08. The summed E-state index contributed by atoms with van der Waals surface area (Å²) >= 11 is 3.60. The molecule has 0 fully saturated rings. The maximum Gasteiger partial charge on any atom is 0.123 e. The molecule has 3 aliphatic rings. The third-order valence-corrected chi connectivity index (χ3v) is 9.93. The molecule has 4 aromatic carbocycles. The van der Waals surface area contributed by atoms with Crippen molar-refractivity contribution in [2.75, 3.05) is 0 Å². The molecule has 2 heterocycles. The maximum absolute atomic E-state index is 13.8. The molecule has 4 heteroatoms. The lowest BCUT2D eigenvalue weighted by Gasteiger charge is -2.11. The van der Waals surface area contributed by atoms with E-state index in [0.717, 1.165) is 20.9 Å². The molecule has 2 atom stereocenters. The number of benzene rings is 4. The quantitative estimate of drug-likeness (QED) is 0.239. The molecule has 162 valence electrons. The van der Waals surface area contributed by atoms with Crippen molar-refractivity contribution < 1.29 is 8.78 Å². The van der Waals surface area contributed by atoms with Gasteiger partial charge in [0.2, 0.25) is 0 Å². The van der Waals surface area contributed by atoms with E-state index in [-0.39, 0.29) is 11.6 Å². The van der Waals surface area contributed by atoms with Crippen LogP contribution in [-0.2, 0) is 0 Å². The first kappa shape index (κ1) is 19.1. The van der Waals surface area contributed by atoms with Gasteiger partial charge in [-0.3, -0.25) is 0 Å². The zero-order chi connectivity index (χ0) is 22.6. The molecule has 0 N–H and O–H groups in total. The van der Waals surface area contributed by atoms with Crippen molar-refractivity contribution in [1.82, 2.24) is 0 Å². The third-order valence-electron chi connectivity index (χ3n) is 7.29. The largest absolute Gasteiger partial charge is 0.207 e. The Labute approximate surface area is 203 Å². The van der Waals surface area contributed by atoms with Crippen LogP contribution in [0, 0.1) is 11.6 Å². The van der Waals surface area contributed by atoms with Gasteiger partial charge in [-0.25, -0.2) is 8.78 Å². The predicted octanol–water partition coefficient (Wildman–Crippen LogP) is 9.42. The lowest BCUT2D eigenvalue weighted by molar-refractivity contribution is 0.627. The average molecular weight is 479 g/mol. The molecule has 0 amide bonds. The summed E-state index contributed by atoms with van der Waals surface area (Å²) in [6.07, 6.45) is 2.33. The van der Waals surface area contributed by atoms with Gasteiger partial charge in [0.15, 0.2) is 0 Å². The van der Waals surface area contributed by atoms with Gasteiger partial charge in [-0.15, -0.1) is 23.1 Å². The Kier molecular flexibility index (Phi) is 3.76. The second-order valence-electron chi connectivity index (χ2n) is 9.12. The number of rotatable bonds is 2. The van der Waals surface area contributed by atoms with Crippen LogP contribution >= 0.6 is 23.1 Å². The highest BCUT2D eigenvalue weighted by Gasteiger charge is 2.41. The van der Waals surface area contributed by atoms with Crippen molar-refractivity contribution in [3.63, 3.8) is 0 Å². The van der Waals surface area contributed by atoms with E-state index in [1.165, 1.54) is 55.6 Å². The molecule has 2 aliphatic carbocycles. The van der Waals surface area contributed by atoms with Crippen molar-refractivity contribution in [2.45, 2.75) is 11.2 Å². The molecule has 34 heavy (non-hydrogen) atoms. The van der Waals surface area contributed by atoms with Gasteiger partial charge in [-0.2, -0.15) is 0 Å². The minimum atomic E-state index is -0.205. The summed E-state index contributed by atoms with van der Waals surface area (Å²) in [6.45, 7) is 0. The van der Waals surface area contributed by atoms with Gasteiger partial charge in [-0.1, -0.05) is 54.6 Å². The lowest BCUT2D eigenvalue weighted by atomic mass is 9.96. The van der Waals surface area contributed by atoms with Crippen LogP contribution in [0.15, 0.2) is 84.9 Å². The Morgan fingerprint density at radius 2 is 1.38 bits per heavy atom. The van der Waals surface area contributed by atoms with Crippen molar-refractivity contribution >= 4 is 38.8 Å². The zero-order valence-corrected chi connectivity index (χ0v) is 19.4. The normalized spacial score (nSPS) is 18.9. The molecule has 0 nitrogen and oxygen atoms in total. The summed E-state index contributed by atoms with van der Waals surface area (Å²) in [5.41, 5.74) is 8.47. The van der Waals surface area contributed by atoms with E-state index in [0.29, 0.717) is 11.2 Å². The van der Waals surface area contributed by atoms with Crippen LogP contribution in [0.25, 0.3) is 47.7 Å². The number of hydrogen-bond donors (Lipinski definition) is 0. The van der Waals surface area contributed by atoms with Crippen molar-refractivity contribution in [2.24, 2.45) is 0 Å². The SMILES string of the molecule is Fc1cccc(C2=CC3c4ccc5c6c(ccc(c46)C3S2)-c2cc(-c3cccc(F)c3)sc2-5)c1. The van der Waals surface area contributed by atoms with Crippen molar-refractivity contribution in [1.29, 1.82) is 0 Å². The van der Waals surface area contributed by atoms with Crippen molar-refractivity contribution in [3.8, 4) is 32.0 Å². The van der Waals surface area contributed by atoms with Gasteiger partial charge in [0.25, 0.3) is 0 Å². The standard InChI is InChI=1S/C30H16F2S2/c31-17-5-1-3-15(11-17)25-13-23-19-7-10-22-28-20(8-9-21(27(19)28)29(23)33-25)24-14-26(34-30(22)24)16-4-2-6-18(32)12-16/h1-14,23,29H. The third kappa shape index (κ3) is 2.47.